The third-order valence-electron chi connectivity index (χ3n) is 4.19. The first-order chi connectivity index (χ1) is 12.0. The Hall–Kier alpha value is -2.38. The summed E-state index contributed by atoms with van der Waals surface area (Å²) in [6.45, 7) is 5.26. The number of halogens is 2. The summed E-state index contributed by atoms with van der Waals surface area (Å²) in [7, 11) is 3.52. The number of nitrogens with zero attached hydrogens (tertiary/aromatic N) is 4. The molecule has 0 bridgehead atoms. The van der Waals surface area contributed by atoms with E-state index < -0.39 is 0 Å². The Bertz CT molecular complexity index is 873. The van der Waals surface area contributed by atoms with Crippen LogP contribution in [0.1, 0.15) is 22.5 Å². The van der Waals surface area contributed by atoms with Crippen LogP contribution in [0.3, 0.4) is 0 Å². The fraction of sp³-hybridized carbons (Fsp3) is 0.333. The Kier molecular flexibility index (Phi) is 6.39. The van der Waals surface area contributed by atoms with Gasteiger partial charge in [0.05, 0.1) is 29.7 Å². The second kappa shape index (κ2) is 8.33. The normalized spacial score (nSPS) is 10.7. The Morgan fingerprint density at radius 1 is 1.08 bits per heavy atom. The van der Waals surface area contributed by atoms with E-state index in [-0.39, 0.29) is 18.2 Å². The molecule has 0 saturated heterocycles. The monoisotopic (exact) mass is 379 g/mol. The van der Waals surface area contributed by atoms with Gasteiger partial charge in [0.2, 0.25) is 5.88 Å². The summed E-state index contributed by atoms with van der Waals surface area (Å²) in [6, 6.07) is 6.29. The zero-order valence-electron chi connectivity index (χ0n) is 15.3. The molecule has 2 heterocycles. The molecule has 6 nitrogen and oxygen atoms in total. The molecule has 0 aliphatic carbocycles. The third-order valence-corrected chi connectivity index (χ3v) is 4.19. The molecule has 0 unspecified atom stereocenters. The molecular weight excluding hydrogens is 357 g/mol. The van der Waals surface area contributed by atoms with Crippen LogP contribution in [-0.2, 0) is 20.1 Å². The summed E-state index contributed by atoms with van der Waals surface area (Å²) in [5, 5.41) is 12.3. The Balaban J connectivity index is 0.00000243. The number of hydrogen-bond donors (Lipinski definition) is 1. The lowest BCUT2D eigenvalue weighted by Gasteiger charge is -2.06. The van der Waals surface area contributed by atoms with Crippen LogP contribution >= 0.6 is 12.4 Å². The smallest absolute Gasteiger partial charge is 0.216 e. The molecule has 140 valence electrons. The Labute approximate surface area is 158 Å². The lowest BCUT2D eigenvalue weighted by atomic mass is 10.2. The second-order valence-corrected chi connectivity index (χ2v) is 5.96. The van der Waals surface area contributed by atoms with Crippen LogP contribution in [0.2, 0.25) is 0 Å². The molecular formula is C18H23ClFN5O. The SMILES string of the molecule is COc1c(CNCc2cn(-c3ccc(F)cc3)nc2C)c(C)nn1C.Cl. The van der Waals surface area contributed by atoms with Crippen molar-refractivity contribution in [2.45, 2.75) is 26.9 Å². The van der Waals surface area contributed by atoms with Gasteiger partial charge in [-0.25, -0.2) is 13.8 Å². The largest absolute Gasteiger partial charge is 0.481 e. The maximum Gasteiger partial charge on any atom is 0.216 e. The average molecular weight is 380 g/mol. The summed E-state index contributed by atoms with van der Waals surface area (Å²) in [4.78, 5) is 0. The van der Waals surface area contributed by atoms with Crippen LogP contribution in [0.25, 0.3) is 5.69 Å². The number of aryl methyl sites for hydroxylation is 3. The highest BCUT2D eigenvalue weighted by molar-refractivity contribution is 5.85. The predicted octanol–water partition coefficient (Wildman–Crippen LogP) is 3.08. The van der Waals surface area contributed by atoms with E-state index >= 15 is 0 Å². The van der Waals surface area contributed by atoms with Gasteiger partial charge < -0.3 is 10.1 Å². The summed E-state index contributed by atoms with van der Waals surface area (Å²) in [5.74, 6) is 0.513. The third kappa shape index (κ3) is 4.05. The topological polar surface area (TPSA) is 56.9 Å². The van der Waals surface area contributed by atoms with Crippen molar-refractivity contribution >= 4 is 12.4 Å². The molecule has 0 fully saturated rings. The van der Waals surface area contributed by atoms with Gasteiger partial charge in [-0.15, -0.1) is 12.4 Å². The van der Waals surface area contributed by atoms with Crippen LogP contribution in [-0.4, -0.2) is 26.7 Å². The number of hydrogen-bond acceptors (Lipinski definition) is 4. The number of aromatic nitrogens is 4. The molecule has 0 aliphatic rings. The van der Waals surface area contributed by atoms with E-state index in [2.05, 4.69) is 15.5 Å². The van der Waals surface area contributed by atoms with Crippen LogP contribution in [0.15, 0.2) is 30.5 Å². The van der Waals surface area contributed by atoms with Crippen molar-refractivity contribution in [3.05, 3.63) is 58.8 Å². The van der Waals surface area contributed by atoms with E-state index in [1.165, 1.54) is 12.1 Å². The van der Waals surface area contributed by atoms with Crippen molar-refractivity contribution in [3.8, 4) is 11.6 Å². The summed E-state index contributed by atoms with van der Waals surface area (Å²) >= 11 is 0. The molecule has 2 aromatic heterocycles. The van der Waals surface area contributed by atoms with Gasteiger partial charge in [0.15, 0.2) is 0 Å². The van der Waals surface area contributed by atoms with E-state index in [1.807, 2.05) is 27.1 Å². The van der Waals surface area contributed by atoms with Gasteiger partial charge in [0, 0.05) is 31.9 Å². The quantitative estimate of drug-likeness (QED) is 0.715. The van der Waals surface area contributed by atoms with E-state index in [0.717, 1.165) is 34.1 Å². The molecule has 3 aromatic rings. The lowest BCUT2D eigenvalue weighted by Crippen LogP contribution is -2.14. The highest BCUT2D eigenvalue weighted by Gasteiger charge is 2.14. The van der Waals surface area contributed by atoms with Gasteiger partial charge in [-0.1, -0.05) is 0 Å². The van der Waals surface area contributed by atoms with Crippen LogP contribution in [0.5, 0.6) is 5.88 Å². The van der Waals surface area contributed by atoms with Crippen molar-refractivity contribution in [2.75, 3.05) is 7.11 Å². The molecule has 0 radical (unpaired) electrons. The van der Waals surface area contributed by atoms with Crippen LogP contribution in [0, 0.1) is 19.7 Å². The predicted molar refractivity (Wildman–Crippen MR) is 101 cm³/mol. The Morgan fingerprint density at radius 3 is 2.42 bits per heavy atom. The summed E-state index contributed by atoms with van der Waals surface area (Å²) < 4.78 is 22.0. The second-order valence-electron chi connectivity index (χ2n) is 5.96. The number of rotatable bonds is 6. The van der Waals surface area contributed by atoms with E-state index in [0.29, 0.717) is 13.1 Å². The summed E-state index contributed by atoms with van der Waals surface area (Å²) in [6.07, 6.45) is 1.96. The van der Waals surface area contributed by atoms with Gasteiger partial charge in [0.1, 0.15) is 5.82 Å². The zero-order valence-corrected chi connectivity index (χ0v) is 16.1. The van der Waals surface area contributed by atoms with Gasteiger partial charge in [-0.05, 0) is 38.1 Å². The van der Waals surface area contributed by atoms with Crippen molar-refractivity contribution in [2.24, 2.45) is 7.05 Å². The molecule has 0 amide bonds. The van der Waals surface area contributed by atoms with Crippen LogP contribution in [0.4, 0.5) is 4.39 Å². The van der Waals surface area contributed by atoms with Gasteiger partial charge in [-0.3, -0.25) is 0 Å². The fourth-order valence-electron chi connectivity index (χ4n) is 2.86. The molecule has 8 heteroatoms. The number of benzene rings is 1. The van der Waals surface area contributed by atoms with Crippen LogP contribution < -0.4 is 10.1 Å². The molecule has 26 heavy (non-hydrogen) atoms. The lowest BCUT2D eigenvalue weighted by molar-refractivity contribution is 0.368. The number of methoxy groups -OCH3 is 1. The van der Waals surface area contributed by atoms with Crippen molar-refractivity contribution in [1.82, 2.24) is 24.9 Å². The molecule has 3 rings (SSSR count). The molecule has 0 saturated carbocycles. The van der Waals surface area contributed by atoms with Gasteiger partial charge in [0.25, 0.3) is 0 Å². The molecule has 0 atom stereocenters. The maximum atomic E-state index is 13.1. The highest BCUT2D eigenvalue weighted by atomic mass is 35.5. The molecule has 1 aromatic carbocycles. The van der Waals surface area contributed by atoms with Crippen molar-refractivity contribution in [3.63, 3.8) is 0 Å². The number of nitrogens with one attached hydrogen (secondary N) is 1. The zero-order chi connectivity index (χ0) is 18.0. The van der Waals surface area contributed by atoms with E-state index in [1.54, 1.807) is 28.6 Å². The maximum absolute atomic E-state index is 13.1. The molecule has 1 N–H and O–H groups in total. The van der Waals surface area contributed by atoms with Gasteiger partial charge in [-0.2, -0.15) is 10.2 Å². The van der Waals surface area contributed by atoms with E-state index in [9.17, 15) is 4.39 Å². The van der Waals surface area contributed by atoms with Crippen molar-refractivity contribution in [1.29, 1.82) is 0 Å². The first-order valence-corrected chi connectivity index (χ1v) is 8.08. The molecule has 0 spiro atoms. The van der Waals surface area contributed by atoms with E-state index in [4.69, 9.17) is 4.74 Å². The first-order valence-electron chi connectivity index (χ1n) is 8.08. The minimum absolute atomic E-state index is 0. The standard InChI is InChI=1S/C18H22FN5O.ClH/c1-12-14(11-24(22-12)16-7-5-15(19)6-8-16)9-20-10-17-13(2)21-23(3)18(17)25-4;/h5-8,11,20H,9-10H2,1-4H3;1H. The minimum atomic E-state index is -0.254. The summed E-state index contributed by atoms with van der Waals surface area (Å²) in [5.41, 5.74) is 4.86. The fourth-order valence-corrected chi connectivity index (χ4v) is 2.86. The Morgan fingerprint density at radius 2 is 1.77 bits per heavy atom. The average Bonchev–Trinajstić information content (AvgIpc) is 3.08. The first kappa shape index (κ1) is 19.9. The highest BCUT2D eigenvalue weighted by Crippen LogP contribution is 2.21. The van der Waals surface area contributed by atoms with Crippen molar-refractivity contribution < 1.29 is 9.13 Å². The molecule has 0 aliphatic heterocycles. The minimum Gasteiger partial charge on any atom is -0.481 e. The number of ether oxygens (including phenoxy) is 1. The van der Waals surface area contributed by atoms with Gasteiger partial charge >= 0.3 is 0 Å².